The van der Waals surface area contributed by atoms with E-state index in [-0.39, 0.29) is 12.5 Å². The van der Waals surface area contributed by atoms with Gasteiger partial charge in [0, 0.05) is 19.3 Å². The molecule has 0 aliphatic heterocycles. The van der Waals surface area contributed by atoms with Gasteiger partial charge < -0.3 is 15.0 Å². The van der Waals surface area contributed by atoms with Crippen molar-refractivity contribution in [1.82, 2.24) is 9.88 Å². The highest BCUT2D eigenvalue weighted by Gasteiger charge is 2.19. The molecule has 0 radical (unpaired) electrons. The number of aliphatic carboxylic acids is 1. The zero-order valence-corrected chi connectivity index (χ0v) is 12.0. The molecule has 1 heterocycles. The fraction of sp³-hybridized carbons (Fsp3) is 0.250. The van der Waals surface area contributed by atoms with Crippen LogP contribution in [-0.2, 0) is 4.79 Å². The molecule has 110 valence electrons. The third-order valence-electron chi connectivity index (χ3n) is 3.32. The zero-order valence-electron chi connectivity index (χ0n) is 12.0. The molecule has 1 aromatic carbocycles. The van der Waals surface area contributed by atoms with Crippen LogP contribution >= 0.6 is 0 Å². The minimum atomic E-state index is -0.911. The van der Waals surface area contributed by atoms with Gasteiger partial charge in [-0.1, -0.05) is 37.3 Å². The normalized spacial score (nSPS) is 11.9. The molecule has 1 atom stereocenters. The number of H-pyrrole nitrogens is 1. The first kappa shape index (κ1) is 14.8. The van der Waals surface area contributed by atoms with Crippen LogP contribution in [-0.4, -0.2) is 40.5 Å². The van der Waals surface area contributed by atoms with Gasteiger partial charge in [-0.15, -0.1) is 0 Å². The van der Waals surface area contributed by atoms with E-state index in [0.29, 0.717) is 5.69 Å². The van der Waals surface area contributed by atoms with Crippen LogP contribution in [0.25, 0.3) is 11.3 Å². The Morgan fingerprint density at radius 3 is 2.48 bits per heavy atom. The molecule has 0 saturated carbocycles. The van der Waals surface area contributed by atoms with E-state index in [1.807, 2.05) is 36.4 Å². The van der Waals surface area contributed by atoms with Gasteiger partial charge in [0.2, 0.25) is 0 Å². The topological polar surface area (TPSA) is 73.4 Å². The summed E-state index contributed by atoms with van der Waals surface area (Å²) in [6.07, 6.45) is 0. The van der Waals surface area contributed by atoms with E-state index in [1.165, 1.54) is 4.90 Å². The third-order valence-corrected chi connectivity index (χ3v) is 3.32. The number of carboxylic acids is 1. The van der Waals surface area contributed by atoms with E-state index in [1.54, 1.807) is 20.0 Å². The molecule has 2 N–H and O–H groups in total. The van der Waals surface area contributed by atoms with E-state index >= 15 is 0 Å². The van der Waals surface area contributed by atoms with Crippen LogP contribution in [0, 0.1) is 5.92 Å². The quantitative estimate of drug-likeness (QED) is 0.886. The number of nitrogens with zero attached hydrogens (tertiary/aromatic N) is 1. The van der Waals surface area contributed by atoms with Gasteiger partial charge in [-0.3, -0.25) is 9.59 Å². The Balaban J connectivity index is 2.10. The van der Waals surface area contributed by atoms with E-state index in [4.69, 9.17) is 5.11 Å². The van der Waals surface area contributed by atoms with Gasteiger partial charge in [-0.05, 0) is 17.7 Å². The molecule has 0 fully saturated rings. The average Bonchev–Trinajstić information content (AvgIpc) is 2.96. The van der Waals surface area contributed by atoms with Gasteiger partial charge in [-0.25, -0.2) is 0 Å². The van der Waals surface area contributed by atoms with Crippen LogP contribution in [0.1, 0.15) is 17.4 Å². The molecule has 21 heavy (non-hydrogen) atoms. The molecule has 0 bridgehead atoms. The number of nitrogens with one attached hydrogen (secondary N) is 1. The standard InChI is InChI=1S/C16H18N2O3/c1-11(16(20)21)10-18(2)15(19)14-9-8-13(17-14)12-6-4-3-5-7-12/h3-9,11,17H,10H2,1-2H3,(H,20,21). The van der Waals surface area contributed by atoms with Gasteiger partial charge >= 0.3 is 5.97 Å². The summed E-state index contributed by atoms with van der Waals surface area (Å²) in [5.41, 5.74) is 2.31. The van der Waals surface area contributed by atoms with E-state index < -0.39 is 11.9 Å². The van der Waals surface area contributed by atoms with Crippen molar-refractivity contribution in [3.63, 3.8) is 0 Å². The van der Waals surface area contributed by atoms with Crippen molar-refractivity contribution in [2.75, 3.05) is 13.6 Å². The Bertz CT molecular complexity index is 634. The molecule has 1 aromatic heterocycles. The second kappa shape index (κ2) is 6.26. The molecule has 5 nitrogen and oxygen atoms in total. The summed E-state index contributed by atoms with van der Waals surface area (Å²) < 4.78 is 0. The van der Waals surface area contributed by atoms with Crippen LogP contribution < -0.4 is 0 Å². The molecule has 2 rings (SSSR count). The Morgan fingerprint density at radius 1 is 1.19 bits per heavy atom. The minimum Gasteiger partial charge on any atom is -0.481 e. The van der Waals surface area contributed by atoms with E-state index in [0.717, 1.165) is 11.3 Å². The molecule has 1 unspecified atom stereocenters. The predicted molar refractivity (Wildman–Crippen MR) is 80.0 cm³/mol. The highest BCUT2D eigenvalue weighted by atomic mass is 16.4. The first-order chi connectivity index (χ1) is 9.99. The molecule has 0 aliphatic rings. The molecule has 0 aliphatic carbocycles. The van der Waals surface area contributed by atoms with Gasteiger partial charge in [0.1, 0.15) is 5.69 Å². The smallest absolute Gasteiger partial charge is 0.308 e. The summed E-state index contributed by atoms with van der Waals surface area (Å²) in [5, 5.41) is 8.89. The Labute approximate surface area is 123 Å². The molecule has 0 saturated heterocycles. The second-order valence-corrected chi connectivity index (χ2v) is 5.08. The fourth-order valence-corrected chi connectivity index (χ4v) is 2.08. The lowest BCUT2D eigenvalue weighted by Crippen LogP contribution is -2.33. The Morgan fingerprint density at radius 2 is 1.86 bits per heavy atom. The van der Waals surface area contributed by atoms with Crippen LogP contribution in [0.5, 0.6) is 0 Å². The van der Waals surface area contributed by atoms with Gasteiger partial charge in [0.25, 0.3) is 5.91 Å². The van der Waals surface area contributed by atoms with Crippen molar-refractivity contribution in [3.8, 4) is 11.3 Å². The number of rotatable bonds is 5. The van der Waals surface area contributed by atoms with Crippen molar-refractivity contribution < 1.29 is 14.7 Å². The molecular formula is C16H18N2O3. The average molecular weight is 286 g/mol. The van der Waals surface area contributed by atoms with Crippen LogP contribution in [0.2, 0.25) is 0 Å². The predicted octanol–water partition coefficient (Wildman–Crippen LogP) is 2.47. The fourth-order valence-electron chi connectivity index (χ4n) is 2.08. The lowest BCUT2D eigenvalue weighted by Gasteiger charge is -2.18. The molecule has 2 aromatic rings. The lowest BCUT2D eigenvalue weighted by atomic mass is 10.2. The van der Waals surface area contributed by atoms with Crippen molar-refractivity contribution in [3.05, 3.63) is 48.2 Å². The number of carboxylic acid groups (broad SMARTS) is 1. The van der Waals surface area contributed by atoms with Gasteiger partial charge in [0.15, 0.2) is 0 Å². The summed E-state index contributed by atoms with van der Waals surface area (Å²) in [4.78, 5) is 27.6. The van der Waals surface area contributed by atoms with Crippen molar-refractivity contribution in [1.29, 1.82) is 0 Å². The Kier molecular flexibility index (Phi) is 4.42. The van der Waals surface area contributed by atoms with Crippen molar-refractivity contribution in [2.45, 2.75) is 6.92 Å². The van der Waals surface area contributed by atoms with Gasteiger partial charge in [0.05, 0.1) is 5.92 Å². The summed E-state index contributed by atoms with van der Waals surface area (Å²) in [5.74, 6) is -1.72. The summed E-state index contributed by atoms with van der Waals surface area (Å²) in [7, 11) is 1.60. The molecule has 1 amide bonds. The Hall–Kier alpha value is -2.56. The number of aromatic nitrogens is 1. The highest BCUT2D eigenvalue weighted by Crippen LogP contribution is 2.18. The first-order valence-electron chi connectivity index (χ1n) is 6.71. The molecule has 0 spiro atoms. The number of hydrogen-bond donors (Lipinski definition) is 2. The second-order valence-electron chi connectivity index (χ2n) is 5.08. The summed E-state index contributed by atoms with van der Waals surface area (Å²) >= 11 is 0. The molecule has 5 heteroatoms. The SMILES string of the molecule is CC(CN(C)C(=O)c1ccc(-c2ccccc2)[nH]1)C(=O)O. The lowest BCUT2D eigenvalue weighted by molar-refractivity contribution is -0.141. The number of aromatic amines is 1. The van der Waals surface area contributed by atoms with Crippen LogP contribution in [0.4, 0.5) is 0 Å². The minimum absolute atomic E-state index is 0.174. The maximum absolute atomic E-state index is 12.2. The number of carbonyl (C=O) groups excluding carboxylic acids is 1. The van der Waals surface area contributed by atoms with Crippen LogP contribution in [0.3, 0.4) is 0 Å². The van der Waals surface area contributed by atoms with Gasteiger partial charge in [-0.2, -0.15) is 0 Å². The van der Waals surface area contributed by atoms with E-state index in [2.05, 4.69) is 4.98 Å². The summed E-state index contributed by atoms with van der Waals surface area (Å²) in [6, 6.07) is 13.3. The van der Waals surface area contributed by atoms with Crippen molar-refractivity contribution in [2.24, 2.45) is 5.92 Å². The monoisotopic (exact) mass is 286 g/mol. The highest BCUT2D eigenvalue weighted by molar-refractivity contribution is 5.93. The third kappa shape index (κ3) is 3.51. The van der Waals surface area contributed by atoms with Crippen molar-refractivity contribution >= 4 is 11.9 Å². The van der Waals surface area contributed by atoms with E-state index in [9.17, 15) is 9.59 Å². The number of amides is 1. The zero-order chi connectivity index (χ0) is 15.4. The number of carbonyl (C=O) groups is 2. The van der Waals surface area contributed by atoms with Crippen LogP contribution in [0.15, 0.2) is 42.5 Å². The summed E-state index contributed by atoms with van der Waals surface area (Å²) in [6.45, 7) is 1.75. The largest absolute Gasteiger partial charge is 0.481 e. The molecular weight excluding hydrogens is 268 g/mol. The maximum atomic E-state index is 12.2. The number of benzene rings is 1. The maximum Gasteiger partial charge on any atom is 0.308 e. The first-order valence-corrected chi connectivity index (χ1v) is 6.71. The number of hydrogen-bond acceptors (Lipinski definition) is 2.